The van der Waals surface area contributed by atoms with Crippen molar-refractivity contribution in [3.63, 3.8) is 0 Å². The molecule has 1 unspecified atom stereocenters. The van der Waals surface area contributed by atoms with Crippen molar-refractivity contribution in [2.75, 3.05) is 48.1 Å². The van der Waals surface area contributed by atoms with Crippen molar-refractivity contribution < 1.29 is 28.8 Å². The monoisotopic (exact) mass is 507 g/mol. The molecule has 0 saturated carbocycles. The van der Waals surface area contributed by atoms with Gasteiger partial charge < -0.3 is 28.8 Å². The molecule has 0 radical (unpaired) electrons. The van der Waals surface area contributed by atoms with Gasteiger partial charge in [0.1, 0.15) is 6.61 Å². The number of hydrogen-bond donors (Lipinski definition) is 1. The number of aromatic hydroxyl groups is 1. The number of rotatable bonds is 10. The molecule has 1 aliphatic heterocycles. The Labute approximate surface area is 219 Å². The molecule has 0 aliphatic carbocycles. The maximum atomic E-state index is 11.4. The number of aryl methyl sites for hydroxylation is 1. The summed E-state index contributed by atoms with van der Waals surface area (Å²) >= 11 is 0. The summed E-state index contributed by atoms with van der Waals surface area (Å²) in [7, 11) is 6.49. The van der Waals surface area contributed by atoms with E-state index < -0.39 is 0 Å². The average molecular weight is 508 g/mol. The number of methoxy groups -OCH3 is 4. The van der Waals surface area contributed by atoms with Crippen LogP contribution in [0.3, 0.4) is 0 Å². The first kappa shape index (κ1) is 26.5. The van der Waals surface area contributed by atoms with Gasteiger partial charge in [0.05, 0.1) is 28.4 Å². The van der Waals surface area contributed by atoms with Crippen LogP contribution in [0, 0.1) is 6.92 Å². The van der Waals surface area contributed by atoms with E-state index in [1.165, 1.54) is 5.56 Å². The van der Waals surface area contributed by atoms with Gasteiger partial charge in [-0.15, -0.1) is 0 Å². The van der Waals surface area contributed by atoms with Crippen molar-refractivity contribution in [1.29, 1.82) is 0 Å². The molecule has 37 heavy (non-hydrogen) atoms. The van der Waals surface area contributed by atoms with Gasteiger partial charge in [0, 0.05) is 24.7 Å². The van der Waals surface area contributed by atoms with Crippen LogP contribution >= 0.6 is 0 Å². The molecule has 1 aliphatic rings. The molecule has 0 spiro atoms. The lowest BCUT2D eigenvalue weighted by Crippen LogP contribution is -2.38. The van der Waals surface area contributed by atoms with Gasteiger partial charge in [-0.25, -0.2) is 0 Å². The van der Waals surface area contributed by atoms with Gasteiger partial charge in [-0.2, -0.15) is 0 Å². The van der Waals surface area contributed by atoms with E-state index in [1.807, 2.05) is 49.4 Å². The van der Waals surface area contributed by atoms with Crippen LogP contribution in [0.2, 0.25) is 0 Å². The second kappa shape index (κ2) is 11.6. The fourth-order valence-electron chi connectivity index (χ4n) is 5.32. The fraction of sp³-hybridized carbons (Fsp3) is 0.400. The van der Waals surface area contributed by atoms with E-state index in [0.29, 0.717) is 23.9 Å². The summed E-state index contributed by atoms with van der Waals surface area (Å²) in [5.41, 5.74) is 4.98. The zero-order valence-corrected chi connectivity index (χ0v) is 22.6. The standard InChI is InChI=1S/C30H37NO6/c1-7-22-28-20(12-13-31(22)14-15-37-24-11-9-8-10-23(24)33-3)17-27(36-6)30(32)29(28)21-18-26(35-5)25(34-4)16-19(21)2/h8-11,16-18,22,32H,7,12-15H2,1-6H3. The molecule has 1 heterocycles. The molecule has 0 amide bonds. The molecule has 0 bridgehead atoms. The van der Waals surface area contributed by atoms with Gasteiger partial charge in [0.25, 0.3) is 0 Å². The largest absolute Gasteiger partial charge is 0.504 e. The number of para-hydroxylation sites is 2. The first-order valence-electron chi connectivity index (χ1n) is 12.6. The van der Waals surface area contributed by atoms with Crippen LogP contribution in [0.15, 0.2) is 42.5 Å². The van der Waals surface area contributed by atoms with Gasteiger partial charge in [-0.1, -0.05) is 19.1 Å². The second-order valence-electron chi connectivity index (χ2n) is 9.11. The number of phenolic OH excluding ortho intramolecular Hbond substituents is 1. The third-order valence-corrected chi connectivity index (χ3v) is 7.14. The zero-order chi connectivity index (χ0) is 26.5. The number of nitrogens with zero attached hydrogens (tertiary/aromatic N) is 1. The highest BCUT2D eigenvalue weighted by molar-refractivity contribution is 5.82. The molecule has 3 aromatic carbocycles. The van der Waals surface area contributed by atoms with Crippen LogP contribution in [0.1, 0.15) is 36.1 Å². The van der Waals surface area contributed by atoms with Gasteiger partial charge in [0.15, 0.2) is 34.5 Å². The van der Waals surface area contributed by atoms with Crippen molar-refractivity contribution in [1.82, 2.24) is 4.90 Å². The molecule has 7 nitrogen and oxygen atoms in total. The summed E-state index contributed by atoms with van der Waals surface area (Å²) in [5.74, 6) is 3.35. The van der Waals surface area contributed by atoms with E-state index in [4.69, 9.17) is 23.7 Å². The minimum absolute atomic E-state index is 0.101. The van der Waals surface area contributed by atoms with Crippen LogP contribution in [0.5, 0.6) is 34.5 Å². The molecule has 198 valence electrons. The Kier molecular flexibility index (Phi) is 8.34. The molecule has 1 N–H and O–H groups in total. The molecular formula is C30H37NO6. The summed E-state index contributed by atoms with van der Waals surface area (Å²) < 4.78 is 28.2. The van der Waals surface area contributed by atoms with Crippen molar-refractivity contribution in [2.24, 2.45) is 0 Å². The number of fused-ring (bicyclic) bond motifs is 1. The van der Waals surface area contributed by atoms with E-state index in [2.05, 4.69) is 11.8 Å². The Bertz CT molecular complexity index is 1240. The molecular weight excluding hydrogens is 470 g/mol. The third kappa shape index (κ3) is 5.14. The lowest BCUT2D eigenvalue weighted by Gasteiger charge is -2.39. The summed E-state index contributed by atoms with van der Waals surface area (Å²) in [6.07, 6.45) is 1.73. The molecule has 4 rings (SSSR count). The van der Waals surface area contributed by atoms with E-state index >= 15 is 0 Å². The summed E-state index contributed by atoms with van der Waals surface area (Å²) in [6.45, 7) is 6.36. The van der Waals surface area contributed by atoms with E-state index in [9.17, 15) is 5.11 Å². The quantitative estimate of drug-likeness (QED) is 0.372. The number of benzene rings is 3. The maximum absolute atomic E-state index is 11.4. The second-order valence-corrected chi connectivity index (χ2v) is 9.11. The van der Waals surface area contributed by atoms with Crippen molar-refractivity contribution >= 4 is 0 Å². The molecule has 3 aromatic rings. The summed E-state index contributed by atoms with van der Waals surface area (Å²) in [4.78, 5) is 2.43. The van der Waals surface area contributed by atoms with Gasteiger partial charge >= 0.3 is 0 Å². The topological polar surface area (TPSA) is 69.6 Å². The average Bonchev–Trinajstić information content (AvgIpc) is 2.93. The van der Waals surface area contributed by atoms with E-state index in [1.54, 1.807) is 28.4 Å². The Morgan fingerprint density at radius 1 is 0.865 bits per heavy atom. The Hall–Kier alpha value is -3.58. The SMILES string of the molecule is CCC1c2c(cc(OC)c(O)c2-c2cc(OC)c(OC)cc2C)CCN1CCOc1ccccc1OC. The lowest BCUT2D eigenvalue weighted by atomic mass is 9.82. The van der Waals surface area contributed by atoms with Gasteiger partial charge in [-0.05, 0) is 72.4 Å². The first-order valence-corrected chi connectivity index (χ1v) is 12.6. The summed E-state index contributed by atoms with van der Waals surface area (Å²) in [5, 5.41) is 11.4. The van der Waals surface area contributed by atoms with Crippen LogP contribution in [-0.2, 0) is 6.42 Å². The molecule has 0 aromatic heterocycles. The van der Waals surface area contributed by atoms with Crippen LogP contribution in [0.25, 0.3) is 11.1 Å². The predicted octanol–water partition coefficient (Wildman–Crippen LogP) is 5.79. The number of ether oxygens (including phenoxy) is 5. The van der Waals surface area contributed by atoms with Crippen LogP contribution < -0.4 is 23.7 Å². The predicted molar refractivity (Wildman–Crippen MR) is 145 cm³/mol. The minimum Gasteiger partial charge on any atom is -0.504 e. The highest BCUT2D eigenvalue weighted by Gasteiger charge is 2.33. The van der Waals surface area contributed by atoms with Crippen LogP contribution in [-0.4, -0.2) is 58.1 Å². The normalized spacial score (nSPS) is 15.1. The highest BCUT2D eigenvalue weighted by atomic mass is 16.5. The smallest absolute Gasteiger partial charge is 0.166 e. The van der Waals surface area contributed by atoms with E-state index in [0.717, 1.165) is 59.7 Å². The first-order chi connectivity index (χ1) is 18.0. The van der Waals surface area contributed by atoms with Gasteiger partial charge in [-0.3, -0.25) is 4.90 Å². The molecule has 7 heteroatoms. The fourth-order valence-corrected chi connectivity index (χ4v) is 5.32. The molecule has 0 fully saturated rings. The number of phenols is 1. The van der Waals surface area contributed by atoms with E-state index in [-0.39, 0.29) is 11.8 Å². The molecule has 0 saturated heterocycles. The van der Waals surface area contributed by atoms with Crippen molar-refractivity contribution in [2.45, 2.75) is 32.7 Å². The summed E-state index contributed by atoms with van der Waals surface area (Å²) in [6, 6.07) is 13.7. The van der Waals surface area contributed by atoms with Crippen molar-refractivity contribution in [3.05, 3.63) is 59.2 Å². The minimum atomic E-state index is 0.101. The Balaban J connectivity index is 1.73. The Morgan fingerprint density at radius 3 is 2.16 bits per heavy atom. The zero-order valence-electron chi connectivity index (χ0n) is 22.6. The maximum Gasteiger partial charge on any atom is 0.166 e. The third-order valence-electron chi connectivity index (χ3n) is 7.14. The van der Waals surface area contributed by atoms with Crippen molar-refractivity contribution in [3.8, 4) is 45.6 Å². The lowest BCUT2D eigenvalue weighted by molar-refractivity contribution is 0.145. The highest BCUT2D eigenvalue weighted by Crippen LogP contribution is 2.50. The number of hydrogen-bond acceptors (Lipinski definition) is 7. The van der Waals surface area contributed by atoms with Gasteiger partial charge in [0.2, 0.25) is 0 Å². The van der Waals surface area contributed by atoms with Crippen LogP contribution in [0.4, 0.5) is 0 Å². The Morgan fingerprint density at radius 2 is 1.51 bits per heavy atom. The molecule has 1 atom stereocenters.